The number of Topliss-reactive ketones (excluding diaryl/α,β-unsaturated/α-hetero) is 1. The molecule has 0 bridgehead atoms. The minimum Gasteiger partial charge on any atom is -0.330 e. The molecule has 0 amide bonds. The van der Waals surface area contributed by atoms with Crippen molar-refractivity contribution < 1.29 is 4.79 Å². The van der Waals surface area contributed by atoms with Gasteiger partial charge in [0.1, 0.15) is 0 Å². The summed E-state index contributed by atoms with van der Waals surface area (Å²) in [4.78, 5) is 12.3. The number of nitrogens with two attached hydrogens (primary N) is 1. The van der Waals surface area contributed by atoms with E-state index in [1.165, 1.54) is 18.4 Å². The first-order chi connectivity index (χ1) is 9.71. The van der Waals surface area contributed by atoms with Crippen LogP contribution in [0.4, 0.5) is 0 Å². The van der Waals surface area contributed by atoms with Crippen molar-refractivity contribution in [1.29, 1.82) is 0 Å². The minimum absolute atomic E-state index is 0.279. The number of ketones is 1. The molecule has 0 spiro atoms. The molecule has 0 saturated heterocycles. The van der Waals surface area contributed by atoms with Gasteiger partial charge in [0, 0.05) is 12.0 Å². The van der Waals surface area contributed by atoms with E-state index < -0.39 is 0 Å². The summed E-state index contributed by atoms with van der Waals surface area (Å²) in [6, 6.07) is 8.11. The van der Waals surface area contributed by atoms with Gasteiger partial charge in [-0.05, 0) is 43.4 Å². The Labute approximate surface area is 123 Å². The van der Waals surface area contributed by atoms with Crippen LogP contribution < -0.4 is 5.73 Å². The van der Waals surface area contributed by atoms with E-state index in [9.17, 15) is 4.79 Å². The van der Waals surface area contributed by atoms with E-state index in [0.717, 1.165) is 37.8 Å². The van der Waals surface area contributed by atoms with Crippen molar-refractivity contribution in [3.63, 3.8) is 0 Å². The first-order valence-corrected chi connectivity index (χ1v) is 8.03. The third-order valence-corrected chi connectivity index (χ3v) is 3.84. The van der Waals surface area contributed by atoms with E-state index >= 15 is 0 Å². The maximum atomic E-state index is 12.3. The Hall–Kier alpha value is -1.15. The van der Waals surface area contributed by atoms with Crippen molar-refractivity contribution in [2.45, 2.75) is 58.8 Å². The van der Waals surface area contributed by atoms with Gasteiger partial charge < -0.3 is 5.73 Å². The molecule has 2 nitrogen and oxygen atoms in total. The smallest absolute Gasteiger partial charge is 0.162 e. The predicted octanol–water partition coefficient (Wildman–Crippen LogP) is 4.37. The van der Waals surface area contributed by atoms with Crippen molar-refractivity contribution in [2.24, 2.45) is 11.7 Å². The summed E-state index contributed by atoms with van der Waals surface area (Å²) in [7, 11) is 0. The van der Waals surface area contributed by atoms with Gasteiger partial charge in [0.05, 0.1) is 0 Å². The van der Waals surface area contributed by atoms with Crippen molar-refractivity contribution in [2.75, 3.05) is 6.54 Å². The summed E-state index contributed by atoms with van der Waals surface area (Å²) in [6.07, 6.45) is 7.18. The van der Waals surface area contributed by atoms with Gasteiger partial charge in [-0.2, -0.15) is 0 Å². The standard InChI is InChI=1S/C18H29NO/c1-3-6-15(12-13-19)10-11-18(20)17-9-5-8-16(14-17)7-4-2/h5,8-9,14-15H,3-4,6-7,10-13,19H2,1-2H3. The molecule has 0 fully saturated rings. The fraction of sp³-hybridized carbons (Fsp3) is 0.611. The highest BCUT2D eigenvalue weighted by Crippen LogP contribution is 2.19. The lowest BCUT2D eigenvalue weighted by atomic mass is 9.92. The van der Waals surface area contributed by atoms with Crippen LogP contribution >= 0.6 is 0 Å². The van der Waals surface area contributed by atoms with Crippen molar-refractivity contribution in [3.8, 4) is 0 Å². The molecule has 0 radical (unpaired) electrons. The fourth-order valence-corrected chi connectivity index (χ4v) is 2.75. The molecule has 0 aromatic heterocycles. The van der Waals surface area contributed by atoms with Gasteiger partial charge in [0.2, 0.25) is 0 Å². The Bertz CT molecular complexity index is 394. The lowest BCUT2D eigenvalue weighted by Gasteiger charge is -2.14. The molecule has 0 heterocycles. The Morgan fingerprint density at radius 2 is 1.95 bits per heavy atom. The quantitative estimate of drug-likeness (QED) is 0.644. The molecule has 1 aromatic rings. The van der Waals surface area contributed by atoms with E-state index in [0.29, 0.717) is 12.3 Å². The van der Waals surface area contributed by atoms with Crippen LogP contribution in [0.5, 0.6) is 0 Å². The maximum Gasteiger partial charge on any atom is 0.162 e. The van der Waals surface area contributed by atoms with Crippen LogP contribution in [0.1, 0.15) is 68.3 Å². The third-order valence-electron chi connectivity index (χ3n) is 3.84. The van der Waals surface area contributed by atoms with Gasteiger partial charge in [-0.1, -0.05) is 51.3 Å². The topological polar surface area (TPSA) is 43.1 Å². The molecule has 1 unspecified atom stereocenters. The molecular weight excluding hydrogens is 246 g/mol. The second-order valence-corrected chi connectivity index (χ2v) is 5.64. The van der Waals surface area contributed by atoms with Crippen LogP contribution in [-0.4, -0.2) is 12.3 Å². The van der Waals surface area contributed by atoms with Gasteiger partial charge in [-0.3, -0.25) is 4.79 Å². The van der Waals surface area contributed by atoms with Crippen LogP contribution in [0, 0.1) is 5.92 Å². The van der Waals surface area contributed by atoms with Gasteiger partial charge in [-0.25, -0.2) is 0 Å². The van der Waals surface area contributed by atoms with Crippen LogP contribution in [0.25, 0.3) is 0 Å². The van der Waals surface area contributed by atoms with Gasteiger partial charge in [0.15, 0.2) is 5.78 Å². The van der Waals surface area contributed by atoms with E-state index in [4.69, 9.17) is 5.73 Å². The van der Waals surface area contributed by atoms with Crippen molar-refractivity contribution >= 4 is 5.78 Å². The molecule has 0 aliphatic heterocycles. The second kappa shape index (κ2) is 9.71. The number of aryl methyl sites for hydroxylation is 1. The zero-order valence-corrected chi connectivity index (χ0v) is 13.0. The van der Waals surface area contributed by atoms with Crippen LogP contribution in [-0.2, 0) is 6.42 Å². The van der Waals surface area contributed by atoms with Crippen LogP contribution in [0.2, 0.25) is 0 Å². The highest BCUT2D eigenvalue weighted by molar-refractivity contribution is 5.96. The monoisotopic (exact) mass is 275 g/mol. The predicted molar refractivity (Wildman–Crippen MR) is 86.1 cm³/mol. The number of hydrogen-bond donors (Lipinski definition) is 1. The highest BCUT2D eigenvalue weighted by atomic mass is 16.1. The molecular formula is C18H29NO. The van der Waals surface area contributed by atoms with Crippen molar-refractivity contribution in [3.05, 3.63) is 35.4 Å². The number of rotatable bonds is 10. The molecule has 1 aromatic carbocycles. The Morgan fingerprint density at radius 3 is 2.60 bits per heavy atom. The molecule has 2 heteroatoms. The average Bonchev–Trinajstić information content (AvgIpc) is 2.45. The molecule has 2 N–H and O–H groups in total. The van der Waals surface area contributed by atoms with E-state index in [1.807, 2.05) is 12.1 Å². The Kier molecular flexibility index (Phi) is 8.20. The number of hydrogen-bond acceptors (Lipinski definition) is 2. The summed E-state index contributed by atoms with van der Waals surface area (Å²) in [5.41, 5.74) is 7.79. The number of carbonyl (C=O) groups is 1. The van der Waals surface area contributed by atoms with Crippen LogP contribution in [0.15, 0.2) is 24.3 Å². The molecule has 0 aliphatic carbocycles. The normalized spacial score (nSPS) is 12.3. The minimum atomic E-state index is 0.279. The van der Waals surface area contributed by atoms with Gasteiger partial charge in [0.25, 0.3) is 0 Å². The first-order valence-electron chi connectivity index (χ1n) is 8.03. The SMILES string of the molecule is CCCc1cccc(C(=O)CCC(CCC)CCN)c1. The van der Waals surface area contributed by atoms with Crippen molar-refractivity contribution in [1.82, 2.24) is 0 Å². The molecule has 1 atom stereocenters. The summed E-state index contributed by atoms with van der Waals surface area (Å²) < 4.78 is 0. The van der Waals surface area contributed by atoms with E-state index in [2.05, 4.69) is 26.0 Å². The first kappa shape index (κ1) is 16.9. The summed E-state index contributed by atoms with van der Waals surface area (Å²) in [5.74, 6) is 0.883. The zero-order valence-electron chi connectivity index (χ0n) is 13.0. The fourth-order valence-electron chi connectivity index (χ4n) is 2.75. The molecule has 0 saturated carbocycles. The Morgan fingerprint density at radius 1 is 1.15 bits per heavy atom. The van der Waals surface area contributed by atoms with Crippen LogP contribution in [0.3, 0.4) is 0 Å². The van der Waals surface area contributed by atoms with E-state index in [1.54, 1.807) is 0 Å². The van der Waals surface area contributed by atoms with Gasteiger partial charge >= 0.3 is 0 Å². The molecule has 1 rings (SSSR count). The zero-order chi connectivity index (χ0) is 14.8. The molecule has 20 heavy (non-hydrogen) atoms. The third kappa shape index (κ3) is 5.87. The Balaban J connectivity index is 2.54. The second-order valence-electron chi connectivity index (χ2n) is 5.64. The lowest BCUT2D eigenvalue weighted by molar-refractivity contribution is 0.0972. The maximum absolute atomic E-state index is 12.3. The van der Waals surface area contributed by atoms with Gasteiger partial charge in [-0.15, -0.1) is 0 Å². The highest BCUT2D eigenvalue weighted by Gasteiger charge is 2.12. The summed E-state index contributed by atoms with van der Waals surface area (Å²) in [6.45, 7) is 5.08. The molecule has 112 valence electrons. The largest absolute Gasteiger partial charge is 0.330 e. The summed E-state index contributed by atoms with van der Waals surface area (Å²) >= 11 is 0. The molecule has 0 aliphatic rings. The lowest BCUT2D eigenvalue weighted by Crippen LogP contribution is -2.11. The average molecular weight is 275 g/mol. The summed E-state index contributed by atoms with van der Waals surface area (Å²) in [5, 5.41) is 0. The number of benzene rings is 1. The number of carbonyl (C=O) groups excluding carboxylic acids is 1. The van der Waals surface area contributed by atoms with E-state index in [-0.39, 0.29) is 5.78 Å².